The molecule has 1 fully saturated rings. The van der Waals surface area contributed by atoms with Gasteiger partial charge in [-0.25, -0.2) is 4.79 Å². The minimum Gasteiger partial charge on any atom is -0.450 e. The number of rotatable bonds is 2. The number of nitrogens with one attached hydrogen (secondary N) is 1. The van der Waals surface area contributed by atoms with Crippen LogP contribution in [0.2, 0.25) is 0 Å². The van der Waals surface area contributed by atoms with Gasteiger partial charge in [0.25, 0.3) is 0 Å². The summed E-state index contributed by atoms with van der Waals surface area (Å²) in [7, 11) is 0. The fourth-order valence-electron chi connectivity index (χ4n) is 1.35. The molecule has 1 rings (SSSR count). The van der Waals surface area contributed by atoms with E-state index >= 15 is 0 Å². The molecule has 1 amide bonds. The maximum atomic E-state index is 11.0. The van der Waals surface area contributed by atoms with E-state index in [4.69, 9.17) is 9.94 Å². The first-order valence-electron chi connectivity index (χ1n) is 4.59. The molecule has 0 unspecified atom stereocenters. The monoisotopic (exact) mass is 188 g/mol. The third-order valence-electron chi connectivity index (χ3n) is 2.07. The quantitative estimate of drug-likeness (QED) is 0.665. The van der Waals surface area contributed by atoms with Crippen LogP contribution in [0, 0.1) is 0 Å². The minimum atomic E-state index is -0.362. The van der Waals surface area contributed by atoms with Gasteiger partial charge in [-0.05, 0) is 19.8 Å². The molecule has 5 nitrogen and oxygen atoms in total. The van der Waals surface area contributed by atoms with Gasteiger partial charge in [0.05, 0.1) is 6.61 Å². The zero-order valence-corrected chi connectivity index (χ0v) is 7.82. The molecule has 0 radical (unpaired) electrons. The van der Waals surface area contributed by atoms with E-state index in [9.17, 15) is 4.79 Å². The maximum Gasteiger partial charge on any atom is 0.407 e. The van der Waals surface area contributed by atoms with Gasteiger partial charge in [-0.2, -0.15) is 5.06 Å². The van der Waals surface area contributed by atoms with Crippen LogP contribution in [0.5, 0.6) is 0 Å². The first kappa shape index (κ1) is 10.3. The van der Waals surface area contributed by atoms with Gasteiger partial charge in [0, 0.05) is 19.1 Å². The van der Waals surface area contributed by atoms with E-state index in [2.05, 4.69) is 5.32 Å². The van der Waals surface area contributed by atoms with E-state index in [1.54, 1.807) is 6.92 Å². The van der Waals surface area contributed by atoms with Crippen LogP contribution in [0.1, 0.15) is 19.8 Å². The van der Waals surface area contributed by atoms with Crippen LogP contribution in [0.3, 0.4) is 0 Å². The summed E-state index contributed by atoms with van der Waals surface area (Å²) in [4.78, 5) is 11.0. The standard InChI is InChI=1S/C8H16N2O3/c1-2-13-8(11)9-7-3-5-10(12)6-4-7/h7,12H,2-6H2,1H3,(H,9,11). The molecule has 2 N–H and O–H groups in total. The largest absolute Gasteiger partial charge is 0.450 e. The summed E-state index contributed by atoms with van der Waals surface area (Å²) in [6.07, 6.45) is 1.18. The zero-order valence-electron chi connectivity index (χ0n) is 7.82. The lowest BCUT2D eigenvalue weighted by Gasteiger charge is -2.27. The molecule has 0 aliphatic carbocycles. The van der Waals surface area contributed by atoms with Gasteiger partial charge in [0.15, 0.2) is 0 Å². The highest BCUT2D eigenvalue weighted by molar-refractivity contribution is 5.67. The lowest BCUT2D eigenvalue weighted by molar-refractivity contribution is -0.107. The molecule has 1 saturated heterocycles. The van der Waals surface area contributed by atoms with Crippen molar-refractivity contribution in [2.75, 3.05) is 19.7 Å². The van der Waals surface area contributed by atoms with Gasteiger partial charge in [-0.1, -0.05) is 0 Å². The number of hydroxylamine groups is 2. The molecule has 0 aromatic rings. The number of hydrogen-bond acceptors (Lipinski definition) is 4. The summed E-state index contributed by atoms with van der Waals surface area (Å²) in [6.45, 7) is 3.38. The Balaban J connectivity index is 2.18. The number of amides is 1. The van der Waals surface area contributed by atoms with E-state index in [1.807, 2.05) is 0 Å². The molecule has 0 atom stereocenters. The van der Waals surface area contributed by atoms with Crippen molar-refractivity contribution in [1.82, 2.24) is 10.4 Å². The van der Waals surface area contributed by atoms with E-state index in [0.29, 0.717) is 19.7 Å². The summed E-state index contributed by atoms with van der Waals surface area (Å²) >= 11 is 0. The van der Waals surface area contributed by atoms with Crippen molar-refractivity contribution in [1.29, 1.82) is 0 Å². The average molecular weight is 188 g/mol. The van der Waals surface area contributed by atoms with E-state index < -0.39 is 0 Å². The van der Waals surface area contributed by atoms with Gasteiger partial charge in [-0.15, -0.1) is 0 Å². The molecule has 1 aliphatic rings. The number of carbonyl (C=O) groups excluding carboxylic acids is 1. The SMILES string of the molecule is CCOC(=O)NC1CCN(O)CC1. The maximum absolute atomic E-state index is 11.0. The van der Waals surface area contributed by atoms with E-state index in [-0.39, 0.29) is 12.1 Å². The highest BCUT2D eigenvalue weighted by Gasteiger charge is 2.19. The third-order valence-corrected chi connectivity index (χ3v) is 2.07. The lowest BCUT2D eigenvalue weighted by atomic mass is 10.1. The van der Waals surface area contributed by atoms with Crippen LogP contribution in [0.15, 0.2) is 0 Å². The Hall–Kier alpha value is -0.810. The highest BCUT2D eigenvalue weighted by Crippen LogP contribution is 2.07. The van der Waals surface area contributed by atoms with Crippen LogP contribution < -0.4 is 5.32 Å². The third kappa shape index (κ3) is 3.61. The lowest BCUT2D eigenvalue weighted by Crippen LogP contribution is -2.43. The Morgan fingerprint density at radius 2 is 2.23 bits per heavy atom. The highest BCUT2D eigenvalue weighted by atomic mass is 16.5. The molecule has 1 heterocycles. The van der Waals surface area contributed by atoms with Gasteiger partial charge in [-0.3, -0.25) is 0 Å². The number of nitrogens with zero attached hydrogens (tertiary/aromatic N) is 1. The van der Waals surface area contributed by atoms with Crippen LogP contribution in [0.4, 0.5) is 4.79 Å². The number of carbonyl (C=O) groups is 1. The summed E-state index contributed by atoms with van der Waals surface area (Å²) in [5.41, 5.74) is 0. The van der Waals surface area contributed by atoms with Crippen LogP contribution in [0.25, 0.3) is 0 Å². The predicted molar refractivity (Wildman–Crippen MR) is 46.5 cm³/mol. The molecule has 0 saturated carbocycles. The smallest absolute Gasteiger partial charge is 0.407 e. The Morgan fingerprint density at radius 1 is 1.62 bits per heavy atom. The second-order valence-electron chi connectivity index (χ2n) is 3.09. The number of hydrogen-bond donors (Lipinski definition) is 2. The topological polar surface area (TPSA) is 61.8 Å². The molecule has 0 bridgehead atoms. The Bertz CT molecular complexity index is 167. The Kier molecular flexibility index (Phi) is 3.98. The second kappa shape index (κ2) is 5.04. The molecular weight excluding hydrogens is 172 g/mol. The molecule has 76 valence electrons. The van der Waals surface area contributed by atoms with Crippen LogP contribution in [-0.4, -0.2) is 42.1 Å². The van der Waals surface area contributed by atoms with Gasteiger partial charge < -0.3 is 15.3 Å². The van der Waals surface area contributed by atoms with E-state index in [1.165, 1.54) is 5.06 Å². The fraction of sp³-hybridized carbons (Fsp3) is 0.875. The van der Waals surface area contributed by atoms with Crippen molar-refractivity contribution in [2.45, 2.75) is 25.8 Å². The zero-order chi connectivity index (χ0) is 9.68. The van der Waals surface area contributed by atoms with Gasteiger partial charge >= 0.3 is 6.09 Å². The predicted octanol–water partition coefficient (Wildman–Crippen LogP) is 0.586. The molecule has 0 aromatic carbocycles. The second-order valence-corrected chi connectivity index (χ2v) is 3.09. The molecular formula is C8H16N2O3. The fourth-order valence-corrected chi connectivity index (χ4v) is 1.35. The first-order chi connectivity index (χ1) is 6.22. The first-order valence-corrected chi connectivity index (χ1v) is 4.59. The van der Waals surface area contributed by atoms with Crippen molar-refractivity contribution in [3.05, 3.63) is 0 Å². The number of piperidine rings is 1. The van der Waals surface area contributed by atoms with E-state index in [0.717, 1.165) is 12.8 Å². The molecule has 13 heavy (non-hydrogen) atoms. The van der Waals surface area contributed by atoms with Crippen LogP contribution >= 0.6 is 0 Å². The van der Waals surface area contributed by atoms with Crippen molar-refractivity contribution >= 4 is 6.09 Å². The normalized spacial score (nSPS) is 19.8. The molecule has 5 heteroatoms. The Morgan fingerprint density at radius 3 is 2.77 bits per heavy atom. The summed E-state index contributed by atoms with van der Waals surface area (Å²) in [5.74, 6) is 0. The molecule has 1 aliphatic heterocycles. The van der Waals surface area contributed by atoms with Crippen molar-refractivity contribution < 1.29 is 14.7 Å². The van der Waals surface area contributed by atoms with Gasteiger partial charge in [0.1, 0.15) is 0 Å². The minimum absolute atomic E-state index is 0.141. The van der Waals surface area contributed by atoms with Crippen molar-refractivity contribution in [3.8, 4) is 0 Å². The Labute approximate surface area is 77.6 Å². The number of ether oxygens (including phenoxy) is 1. The van der Waals surface area contributed by atoms with Gasteiger partial charge in [0.2, 0.25) is 0 Å². The summed E-state index contributed by atoms with van der Waals surface area (Å²) in [5, 5.41) is 13.1. The summed E-state index contributed by atoms with van der Waals surface area (Å²) in [6, 6.07) is 0.141. The molecule has 0 aromatic heterocycles. The van der Waals surface area contributed by atoms with Crippen LogP contribution in [-0.2, 0) is 4.74 Å². The molecule has 0 spiro atoms. The number of alkyl carbamates (subject to hydrolysis) is 1. The van der Waals surface area contributed by atoms with Crippen molar-refractivity contribution in [2.24, 2.45) is 0 Å². The summed E-state index contributed by atoms with van der Waals surface area (Å²) < 4.78 is 4.75. The average Bonchev–Trinajstić information content (AvgIpc) is 2.09. The van der Waals surface area contributed by atoms with Crippen molar-refractivity contribution in [3.63, 3.8) is 0 Å².